The van der Waals surface area contributed by atoms with Crippen molar-refractivity contribution >= 4 is 5.97 Å². The number of hydrogen-bond acceptors (Lipinski definition) is 3. The number of aliphatic carboxylic acids is 1. The summed E-state index contributed by atoms with van der Waals surface area (Å²) in [7, 11) is 0. The van der Waals surface area contributed by atoms with E-state index < -0.39 is 18.2 Å². The molecule has 0 bridgehead atoms. The zero-order valence-electron chi connectivity index (χ0n) is 14.7. The van der Waals surface area contributed by atoms with Crippen molar-refractivity contribution in [2.75, 3.05) is 0 Å². The Balaban J connectivity index is 3.68. The molecule has 0 aromatic heterocycles. The van der Waals surface area contributed by atoms with Crippen molar-refractivity contribution in [2.24, 2.45) is 0 Å². The Morgan fingerprint density at radius 2 is 1.33 bits per heavy atom. The summed E-state index contributed by atoms with van der Waals surface area (Å²) in [6.07, 6.45) is 19.7. The quantitative estimate of drug-likeness (QED) is 0.329. The monoisotopic (exact) mass is 336 g/mol. The van der Waals surface area contributed by atoms with Gasteiger partial charge in [-0.25, -0.2) is 0 Å². The number of rotatable bonds is 14. The van der Waals surface area contributed by atoms with Gasteiger partial charge in [0.2, 0.25) is 0 Å². The summed E-state index contributed by atoms with van der Waals surface area (Å²) in [6, 6.07) is 0. The van der Waals surface area contributed by atoms with E-state index in [-0.39, 0.29) is 6.42 Å². The fourth-order valence-corrected chi connectivity index (χ4v) is 1.98. The first-order valence-corrected chi connectivity index (χ1v) is 8.75. The maximum Gasteiger partial charge on any atom is 0.303 e. The van der Waals surface area contributed by atoms with Crippen LogP contribution in [0.4, 0.5) is 0 Å². The van der Waals surface area contributed by atoms with Crippen LogP contribution in [0.1, 0.15) is 58.3 Å². The van der Waals surface area contributed by atoms with Gasteiger partial charge < -0.3 is 15.3 Å². The Labute approximate surface area is 145 Å². The summed E-state index contributed by atoms with van der Waals surface area (Å²) in [5.74, 6) is -0.745. The lowest BCUT2D eigenvalue weighted by Gasteiger charge is -2.14. The Bertz CT molecular complexity index is 421. The van der Waals surface area contributed by atoms with Crippen molar-refractivity contribution in [3.63, 3.8) is 0 Å². The molecule has 0 saturated heterocycles. The van der Waals surface area contributed by atoms with Crippen molar-refractivity contribution in [3.8, 4) is 0 Å². The van der Waals surface area contributed by atoms with Crippen LogP contribution in [0.15, 0.2) is 48.6 Å². The molecule has 0 aromatic carbocycles. The second-order valence-corrected chi connectivity index (χ2v) is 5.66. The molecule has 0 saturated carbocycles. The van der Waals surface area contributed by atoms with Crippen molar-refractivity contribution in [2.45, 2.75) is 70.5 Å². The van der Waals surface area contributed by atoms with E-state index in [1.165, 1.54) is 0 Å². The predicted molar refractivity (Wildman–Crippen MR) is 98.8 cm³/mol. The van der Waals surface area contributed by atoms with Gasteiger partial charge in [-0.2, -0.15) is 0 Å². The Hall–Kier alpha value is -1.65. The van der Waals surface area contributed by atoms with Crippen LogP contribution in [0, 0.1) is 0 Å². The minimum atomic E-state index is -0.745. The van der Waals surface area contributed by atoms with Crippen LogP contribution in [0.3, 0.4) is 0 Å². The van der Waals surface area contributed by atoms with Gasteiger partial charge in [-0.15, -0.1) is 0 Å². The average Bonchev–Trinajstić information content (AvgIpc) is 2.55. The zero-order valence-corrected chi connectivity index (χ0v) is 14.7. The SMILES string of the molecule is CC/C=C\C[C@H](O)[C@H](O)C/C=C\C/C=C\C/C=C\CCCC(=O)O. The van der Waals surface area contributed by atoms with Crippen LogP contribution in [0.5, 0.6) is 0 Å². The summed E-state index contributed by atoms with van der Waals surface area (Å²) < 4.78 is 0. The molecule has 4 heteroatoms. The average molecular weight is 336 g/mol. The largest absolute Gasteiger partial charge is 0.481 e. The molecular weight excluding hydrogens is 304 g/mol. The standard InChI is InChI=1S/C20H32O4/c1-2-3-12-15-18(21)19(22)16-13-10-8-6-4-5-7-9-11-14-17-20(23)24/h3-4,6-7,9-10,12-13,18-19,21-22H,2,5,8,11,14-17H2,1H3,(H,23,24)/b6-4-,9-7-,12-3-,13-10-/t18-,19+/m0/s1. The van der Waals surface area contributed by atoms with E-state index in [1.54, 1.807) is 0 Å². The van der Waals surface area contributed by atoms with Gasteiger partial charge in [0.05, 0.1) is 12.2 Å². The van der Waals surface area contributed by atoms with Crippen LogP contribution in [0.25, 0.3) is 0 Å². The smallest absolute Gasteiger partial charge is 0.303 e. The number of aliphatic hydroxyl groups excluding tert-OH is 2. The fraction of sp³-hybridized carbons (Fsp3) is 0.550. The second kappa shape index (κ2) is 16.2. The molecule has 0 amide bonds. The van der Waals surface area contributed by atoms with Gasteiger partial charge in [-0.3, -0.25) is 4.79 Å². The fourth-order valence-electron chi connectivity index (χ4n) is 1.98. The first-order chi connectivity index (χ1) is 11.6. The van der Waals surface area contributed by atoms with E-state index in [0.717, 1.165) is 25.7 Å². The van der Waals surface area contributed by atoms with Crippen LogP contribution in [0.2, 0.25) is 0 Å². The maximum atomic E-state index is 10.3. The molecule has 4 nitrogen and oxygen atoms in total. The molecule has 0 aromatic rings. The maximum absolute atomic E-state index is 10.3. The van der Waals surface area contributed by atoms with Crippen LogP contribution in [-0.2, 0) is 4.79 Å². The molecule has 0 aliphatic rings. The Morgan fingerprint density at radius 3 is 1.88 bits per heavy atom. The predicted octanol–water partition coefficient (Wildman–Crippen LogP) is 4.16. The number of aliphatic hydroxyl groups is 2. The van der Waals surface area contributed by atoms with Gasteiger partial charge in [0.1, 0.15) is 0 Å². The van der Waals surface area contributed by atoms with E-state index >= 15 is 0 Å². The Morgan fingerprint density at radius 1 is 0.833 bits per heavy atom. The summed E-state index contributed by atoms with van der Waals surface area (Å²) in [6.45, 7) is 2.03. The van der Waals surface area contributed by atoms with Gasteiger partial charge in [0, 0.05) is 6.42 Å². The lowest BCUT2D eigenvalue weighted by Crippen LogP contribution is -2.24. The number of carbonyl (C=O) groups is 1. The summed E-state index contributed by atoms with van der Waals surface area (Å²) in [5.41, 5.74) is 0. The minimum Gasteiger partial charge on any atom is -0.481 e. The molecule has 0 unspecified atom stereocenters. The first-order valence-electron chi connectivity index (χ1n) is 8.75. The molecule has 3 N–H and O–H groups in total. The van der Waals surface area contributed by atoms with E-state index in [2.05, 4.69) is 6.08 Å². The molecule has 2 atom stereocenters. The zero-order chi connectivity index (χ0) is 18.0. The molecule has 0 radical (unpaired) electrons. The highest BCUT2D eigenvalue weighted by atomic mass is 16.4. The highest BCUT2D eigenvalue weighted by molar-refractivity contribution is 5.66. The van der Waals surface area contributed by atoms with Crippen molar-refractivity contribution in [3.05, 3.63) is 48.6 Å². The highest BCUT2D eigenvalue weighted by Gasteiger charge is 2.12. The summed E-state index contributed by atoms with van der Waals surface area (Å²) in [4.78, 5) is 10.3. The van der Waals surface area contributed by atoms with E-state index in [0.29, 0.717) is 19.3 Å². The Kier molecular flexibility index (Phi) is 15.1. The molecule has 0 rings (SSSR count). The molecule has 0 fully saturated rings. The lowest BCUT2D eigenvalue weighted by atomic mass is 10.1. The molecule has 0 heterocycles. The van der Waals surface area contributed by atoms with E-state index in [4.69, 9.17) is 5.11 Å². The molecule has 0 aliphatic carbocycles. The van der Waals surface area contributed by atoms with Gasteiger partial charge in [0.15, 0.2) is 0 Å². The summed E-state index contributed by atoms with van der Waals surface area (Å²) >= 11 is 0. The van der Waals surface area contributed by atoms with E-state index in [9.17, 15) is 15.0 Å². The number of unbranched alkanes of at least 4 members (excludes halogenated alkanes) is 1. The topological polar surface area (TPSA) is 77.8 Å². The molecular formula is C20H32O4. The van der Waals surface area contributed by atoms with Gasteiger partial charge in [0.25, 0.3) is 0 Å². The van der Waals surface area contributed by atoms with Crippen LogP contribution >= 0.6 is 0 Å². The molecule has 136 valence electrons. The number of hydrogen-bond donors (Lipinski definition) is 3. The van der Waals surface area contributed by atoms with Gasteiger partial charge in [-0.1, -0.05) is 55.5 Å². The summed E-state index contributed by atoms with van der Waals surface area (Å²) in [5, 5.41) is 28.0. The van der Waals surface area contributed by atoms with Crippen LogP contribution in [-0.4, -0.2) is 33.5 Å². The normalized spacial score (nSPS) is 15.1. The molecule has 24 heavy (non-hydrogen) atoms. The van der Waals surface area contributed by atoms with Gasteiger partial charge in [-0.05, 0) is 44.9 Å². The third-order valence-corrected chi connectivity index (χ3v) is 3.41. The number of carboxylic acid groups (broad SMARTS) is 1. The van der Waals surface area contributed by atoms with E-state index in [1.807, 2.05) is 49.5 Å². The minimum absolute atomic E-state index is 0.223. The molecule has 0 spiro atoms. The van der Waals surface area contributed by atoms with Crippen molar-refractivity contribution in [1.29, 1.82) is 0 Å². The third kappa shape index (κ3) is 15.3. The van der Waals surface area contributed by atoms with Crippen molar-refractivity contribution < 1.29 is 20.1 Å². The number of carboxylic acids is 1. The van der Waals surface area contributed by atoms with Gasteiger partial charge >= 0.3 is 5.97 Å². The third-order valence-electron chi connectivity index (χ3n) is 3.41. The number of allylic oxidation sites excluding steroid dienone is 6. The highest BCUT2D eigenvalue weighted by Crippen LogP contribution is 2.06. The van der Waals surface area contributed by atoms with Crippen LogP contribution < -0.4 is 0 Å². The lowest BCUT2D eigenvalue weighted by molar-refractivity contribution is -0.137. The first kappa shape index (κ1) is 22.4. The second-order valence-electron chi connectivity index (χ2n) is 5.66. The molecule has 0 aliphatic heterocycles. The van der Waals surface area contributed by atoms with Crippen molar-refractivity contribution in [1.82, 2.24) is 0 Å².